The Kier molecular flexibility index (Phi) is 9.28. The molecule has 198 valence electrons. The highest BCUT2D eigenvalue weighted by Crippen LogP contribution is 2.41. The number of benzene rings is 1. The monoisotopic (exact) mass is 504 g/mol. The van der Waals surface area contributed by atoms with E-state index >= 15 is 0 Å². The molecule has 8 atom stereocenters. The first kappa shape index (κ1) is 27.5. The van der Waals surface area contributed by atoms with Gasteiger partial charge in [0.25, 0.3) is 0 Å². The van der Waals surface area contributed by atoms with Gasteiger partial charge in [0.1, 0.15) is 30.0 Å². The smallest absolute Gasteiger partial charge is 0.229 e. The number of hydrogen-bond donors (Lipinski definition) is 7. The van der Waals surface area contributed by atoms with Crippen molar-refractivity contribution in [3.63, 3.8) is 0 Å². The third-order valence-electron chi connectivity index (χ3n) is 5.82. The zero-order valence-electron chi connectivity index (χ0n) is 19.3. The van der Waals surface area contributed by atoms with E-state index < -0.39 is 68.5 Å². The van der Waals surface area contributed by atoms with Crippen LogP contribution in [0.4, 0.5) is 0 Å². The van der Waals surface area contributed by atoms with Crippen molar-refractivity contribution in [1.29, 1.82) is 0 Å². The van der Waals surface area contributed by atoms with Gasteiger partial charge < -0.3 is 64.2 Å². The molecule has 2 saturated heterocycles. The molecule has 1 aromatic rings. The van der Waals surface area contributed by atoms with E-state index in [0.29, 0.717) is 5.56 Å². The summed E-state index contributed by atoms with van der Waals surface area (Å²) >= 11 is 0. The number of aliphatic hydroxyl groups is 7. The summed E-state index contributed by atoms with van der Waals surface area (Å²) in [6.45, 7) is -2.12. The summed E-state index contributed by atoms with van der Waals surface area (Å²) in [6, 6.07) is 3.16. The van der Waals surface area contributed by atoms with Crippen LogP contribution in [0.2, 0.25) is 0 Å². The first-order chi connectivity index (χ1) is 16.7. The maximum Gasteiger partial charge on any atom is 0.229 e. The molecule has 0 radical (unpaired) electrons. The Labute approximate surface area is 201 Å². The van der Waals surface area contributed by atoms with Gasteiger partial charge >= 0.3 is 0 Å². The van der Waals surface area contributed by atoms with Crippen LogP contribution in [0.1, 0.15) is 5.56 Å². The summed E-state index contributed by atoms with van der Waals surface area (Å²) in [7, 11) is 2.78. The van der Waals surface area contributed by atoms with E-state index in [4.69, 9.17) is 33.5 Å². The second-order valence-corrected chi connectivity index (χ2v) is 8.15. The topological polar surface area (TPSA) is 197 Å². The van der Waals surface area contributed by atoms with Crippen LogP contribution in [-0.2, 0) is 14.2 Å². The van der Waals surface area contributed by atoms with Crippen LogP contribution in [0.3, 0.4) is 0 Å². The van der Waals surface area contributed by atoms with Crippen molar-refractivity contribution in [2.45, 2.75) is 48.7 Å². The van der Waals surface area contributed by atoms with Gasteiger partial charge in [-0.15, -0.1) is 0 Å². The maximum absolute atomic E-state index is 10.7. The molecule has 0 spiro atoms. The number of methoxy groups -OCH3 is 2. The summed E-state index contributed by atoms with van der Waals surface area (Å²) in [4.78, 5) is 0. The predicted molar refractivity (Wildman–Crippen MR) is 117 cm³/mol. The fourth-order valence-electron chi connectivity index (χ4n) is 3.81. The van der Waals surface area contributed by atoms with E-state index in [0.717, 1.165) is 0 Å². The van der Waals surface area contributed by atoms with Crippen LogP contribution < -0.4 is 14.2 Å². The normalized spacial score (nSPS) is 35.4. The summed E-state index contributed by atoms with van der Waals surface area (Å²) in [6.07, 6.45) is -7.57. The standard InChI is InChI=1S/C22H32O13/c1-30-12-6-11(4-3-5-23)7-13(17(12)31-2)33-20-18(16(27)15(26)14(8-24)34-20)35-21-19(28)22(29,9-25)10-32-21/h3-4,6-7,14-16,18-21,23-29H,5,8-10H2,1-2H3/b4-3+/t14-,15-,16+,18-,19+,20-,21+,22-/m1/s1. The molecular formula is C22H32O13. The third-order valence-corrected chi connectivity index (χ3v) is 5.82. The first-order valence-electron chi connectivity index (χ1n) is 10.8. The zero-order chi connectivity index (χ0) is 25.8. The highest BCUT2D eigenvalue weighted by molar-refractivity contribution is 5.62. The van der Waals surface area contributed by atoms with Crippen molar-refractivity contribution in [3.8, 4) is 17.2 Å². The average molecular weight is 504 g/mol. The molecule has 0 bridgehead atoms. The van der Waals surface area contributed by atoms with Gasteiger partial charge in [0.15, 0.2) is 23.9 Å². The minimum atomic E-state index is -1.99. The Morgan fingerprint density at radius 3 is 2.31 bits per heavy atom. The molecule has 0 aromatic heterocycles. The lowest BCUT2D eigenvalue weighted by Crippen LogP contribution is -2.62. The molecular weight excluding hydrogens is 472 g/mol. The van der Waals surface area contributed by atoms with E-state index in [1.165, 1.54) is 26.4 Å². The molecule has 2 aliphatic heterocycles. The molecule has 13 nitrogen and oxygen atoms in total. The van der Waals surface area contributed by atoms with Gasteiger partial charge in [-0.1, -0.05) is 12.2 Å². The molecule has 35 heavy (non-hydrogen) atoms. The lowest BCUT2D eigenvalue weighted by molar-refractivity contribution is -0.319. The van der Waals surface area contributed by atoms with Gasteiger partial charge in [0, 0.05) is 0 Å². The predicted octanol–water partition coefficient (Wildman–Crippen LogP) is -2.65. The van der Waals surface area contributed by atoms with E-state index in [2.05, 4.69) is 0 Å². The molecule has 2 fully saturated rings. The van der Waals surface area contributed by atoms with Crippen LogP contribution in [0.5, 0.6) is 17.2 Å². The molecule has 7 N–H and O–H groups in total. The summed E-state index contributed by atoms with van der Waals surface area (Å²) in [5.41, 5.74) is -1.43. The number of hydrogen-bond acceptors (Lipinski definition) is 13. The minimum absolute atomic E-state index is 0.0723. The van der Waals surface area contributed by atoms with Gasteiger partial charge in [0.05, 0.1) is 40.6 Å². The summed E-state index contributed by atoms with van der Waals surface area (Å²) in [5.74, 6) is 0.504. The van der Waals surface area contributed by atoms with Crippen LogP contribution in [0, 0.1) is 0 Å². The van der Waals surface area contributed by atoms with Crippen molar-refractivity contribution in [2.24, 2.45) is 0 Å². The molecule has 0 saturated carbocycles. The van der Waals surface area contributed by atoms with Crippen LogP contribution in [0.25, 0.3) is 6.08 Å². The second kappa shape index (κ2) is 11.8. The van der Waals surface area contributed by atoms with Crippen molar-refractivity contribution >= 4 is 6.08 Å². The number of rotatable bonds is 10. The highest BCUT2D eigenvalue weighted by atomic mass is 16.8. The van der Waals surface area contributed by atoms with Crippen molar-refractivity contribution in [1.82, 2.24) is 0 Å². The summed E-state index contributed by atoms with van der Waals surface area (Å²) in [5, 5.41) is 69.7. The van der Waals surface area contributed by atoms with E-state index in [1.807, 2.05) is 0 Å². The Hall–Kier alpha value is -2.04. The Bertz CT molecular complexity index is 864. The number of ether oxygens (including phenoxy) is 6. The molecule has 1 aromatic carbocycles. The highest BCUT2D eigenvalue weighted by Gasteiger charge is 2.53. The molecule has 0 aliphatic carbocycles. The van der Waals surface area contributed by atoms with Gasteiger partial charge in [-0.3, -0.25) is 0 Å². The maximum atomic E-state index is 10.7. The first-order valence-corrected chi connectivity index (χ1v) is 10.8. The Morgan fingerprint density at radius 1 is 1.03 bits per heavy atom. The fourth-order valence-corrected chi connectivity index (χ4v) is 3.81. The van der Waals surface area contributed by atoms with Crippen molar-refractivity contribution in [2.75, 3.05) is 40.6 Å². The van der Waals surface area contributed by atoms with E-state index in [1.54, 1.807) is 12.1 Å². The molecule has 0 unspecified atom stereocenters. The van der Waals surface area contributed by atoms with Crippen LogP contribution >= 0.6 is 0 Å². The lowest BCUT2D eigenvalue weighted by atomic mass is 9.98. The molecule has 2 aliphatic rings. The van der Waals surface area contributed by atoms with E-state index in [-0.39, 0.29) is 23.9 Å². The summed E-state index contributed by atoms with van der Waals surface area (Å²) < 4.78 is 33.2. The van der Waals surface area contributed by atoms with Crippen LogP contribution in [0.15, 0.2) is 18.2 Å². The van der Waals surface area contributed by atoms with Gasteiger partial charge in [-0.05, 0) is 17.7 Å². The van der Waals surface area contributed by atoms with Gasteiger partial charge in [-0.25, -0.2) is 0 Å². The van der Waals surface area contributed by atoms with Gasteiger partial charge in [-0.2, -0.15) is 0 Å². The fraction of sp³-hybridized carbons (Fsp3) is 0.636. The molecule has 13 heteroatoms. The minimum Gasteiger partial charge on any atom is -0.493 e. The van der Waals surface area contributed by atoms with Gasteiger partial charge in [0.2, 0.25) is 12.0 Å². The molecule has 0 amide bonds. The molecule has 3 rings (SSSR count). The lowest BCUT2D eigenvalue weighted by Gasteiger charge is -2.42. The Morgan fingerprint density at radius 2 is 1.74 bits per heavy atom. The Balaban J connectivity index is 1.94. The number of aliphatic hydroxyl groups excluding tert-OH is 6. The molecule has 2 heterocycles. The largest absolute Gasteiger partial charge is 0.493 e. The van der Waals surface area contributed by atoms with Crippen molar-refractivity contribution in [3.05, 3.63) is 23.8 Å². The second-order valence-electron chi connectivity index (χ2n) is 8.15. The average Bonchev–Trinajstić information content (AvgIpc) is 3.15. The zero-order valence-corrected chi connectivity index (χ0v) is 19.3. The van der Waals surface area contributed by atoms with Crippen LogP contribution in [-0.4, -0.2) is 125 Å². The SMILES string of the molecule is COc1cc(/C=C/CO)cc(O[C@@H]2O[C@H](CO)[C@@H](O)[C@H](O)[C@H]2O[C@@H]2OC[C@](O)(CO)[C@H]2O)c1OC. The van der Waals surface area contributed by atoms with E-state index in [9.17, 15) is 30.6 Å². The third kappa shape index (κ3) is 5.70. The quantitative estimate of drug-likeness (QED) is 0.175. The van der Waals surface area contributed by atoms with Crippen molar-refractivity contribution < 1.29 is 64.2 Å².